The molecule has 1 amide bonds. The number of likely N-dealkylation sites (tertiary alicyclic amines) is 1. The lowest BCUT2D eigenvalue weighted by Gasteiger charge is -2.32. The van der Waals surface area contributed by atoms with Crippen molar-refractivity contribution in [1.82, 2.24) is 19.9 Å². The van der Waals surface area contributed by atoms with Gasteiger partial charge in [-0.05, 0) is 25.0 Å². The van der Waals surface area contributed by atoms with E-state index in [9.17, 15) is 9.59 Å². The van der Waals surface area contributed by atoms with E-state index in [0.29, 0.717) is 30.1 Å². The number of anilines is 1. The van der Waals surface area contributed by atoms with Crippen LogP contribution in [0.4, 0.5) is 5.95 Å². The first-order valence-corrected chi connectivity index (χ1v) is 8.65. The summed E-state index contributed by atoms with van der Waals surface area (Å²) < 4.78 is 0. The number of carbonyl (C=O) groups excluding carboxylic acids is 1. The van der Waals surface area contributed by atoms with Crippen LogP contribution < -0.4 is 10.9 Å². The predicted molar refractivity (Wildman–Crippen MR) is 99.1 cm³/mol. The number of fused-ring (bicyclic) bond motifs is 1. The molecule has 1 aliphatic rings. The Morgan fingerprint density at radius 3 is 2.62 bits per heavy atom. The van der Waals surface area contributed by atoms with Gasteiger partial charge < -0.3 is 15.2 Å². The first-order chi connectivity index (χ1) is 12.7. The average Bonchev–Trinajstić information content (AvgIpc) is 2.68. The number of aromatic nitrogens is 3. The van der Waals surface area contributed by atoms with Crippen molar-refractivity contribution in [3.8, 4) is 0 Å². The highest BCUT2D eigenvalue weighted by molar-refractivity contribution is 6.05. The molecule has 26 heavy (non-hydrogen) atoms. The zero-order valence-corrected chi connectivity index (χ0v) is 14.2. The predicted octanol–water partition coefficient (Wildman–Crippen LogP) is 2.03. The number of piperidine rings is 1. The van der Waals surface area contributed by atoms with Gasteiger partial charge in [0.1, 0.15) is 0 Å². The van der Waals surface area contributed by atoms with Crippen molar-refractivity contribution in [3.63, 3.8) is 0 Å². The maximum Gasteiger partial charge on any atom is 0.254 e. The molecule has 4 rings (SSSR count). The minimum absolute atomic E-state index is 0.0956. The fraction of sp³-hybridized carbons (Fsp3) is 0.263. The number of benzene rings is 1. The summed E-state index contributed by atoms with van der Waals surface area (Å²) in [4.78, 5) is 37.8. The van der Waals surface area contributed by atoms with Gasteiger partial charge in [-0.15, -0.1) is 0 Å². The molecular weight excluding hydrogens is 330 g/mol. The Balaban J connectivity index is 1.48. The standard InChI is InChI=1S/C19H19N5O2/c25-17-12-15(14-4-1-2-5-16(14)23-17)18(26)24-10-6-13(7-11-24)22-19-20-8-3-9-21-19/h1-5,8-9,12-13H,6-7,10-11H2,(H,23,25)(H,20,21,22). The van der Waals surface area contributed by atoms with Gasteiger partial charge in [-0.25, -0.2) is 9.97 Å². The van der Waals surface area contributed by atoms with E-state index in [0.717, 1.165) is 18.2 Å². The van der Waals surface area contributed by atoms with Crippen LogP contribution in [0.5, 0.6) is 0 Å². The molecule has 0 saturated carbocycles. The number of aromatic amines is 1. The van der Waals surface area contributed by atoms with Crippen LogP contribution in [-0.2, 0) is 0 Å². The van der Waals surface area contributed by atoms with E-state index < -0.39 is 0 Å². The number of H-pyrrole nitrogens is 1. The second-order valence-corrected chi connectivity index (χ2v) is 6.38. The van der Waals surface area contributed by atoms with Gasteiger partial charge in [0, 0.05) is 48.5 Å². The summed E-state index contributed by atoms with van der Waals surface area (Å²) >= 11 is 0. The molecule has 0 spiro atoms. The van der Waals surface area contributed by atoms with E-state index in [4.69, 9.17) is 0 Å². The normalized spacial score (nSPS) is 15.2. The SMILES string of the molecule is O=C(c1cc(=O)[nH]c2ccccc12)N1CCC(Nc2ncccn2)CC1. The van der Waals surface area contributed by atoms with Crippen molar-refractivity contribution >= 4 is 22.8 Å². The molecule has 2 N–H and O–H groups in total. The number of hydrogen-bond donors (Lipinski definition) is 2. The Morgan fingerprint density at radius 1 is 1.12 bits per heavy atom. The number of para-hydroxylation sites is 1. The van der Waals surface area contributed by atoms with Crippen molar-refractivity contribution in [2.24, 2.45) is 0 Å². The summed E-state index contributed by atoms with van der Waals surface area (Å²) in [6.45, 7) is 1.26. The van der Waals surface area contributed by atoms with Crippen molar-refractivity contribution < 1.29 is 4.79 Å². The molecule has 0 radical (unpaired) electrons. The van der Waals surface area contributed by atoms with Crippen molar-refractivity contribution in [2.75, 3.05) is 18.4 Å². The fourth-order valence-electron chi connectivity index (χ4n) is 3.34. The summed E-state index contributed by atoms with van der Waals surface area (Å²) in [6, 6.07) is 10.8. The zero-order chi connectivity index (χ0) is 17.9. The molecule has 3 heterocycles. The van der Waals surface area contributed by atoms with Gasteiger partial charge in [0.2, 0.25) is 11.5 Å². The Morgan fingerprint density at radius 2 is 1.85 bits per heavy atom. The third-order valence-electron chi connectivity index (χ3n) is 4.66. The van der Waals surface area contributed by atoms with Crippen molar-refractivity contribution in [3.05, 3.63) is 64.7 Å². The van der Waals surface area contributed by atoms with E-state index in [1.807, 2.05) is 29.2 Å². The topological polar surface area (TPSA) is 91.0 Å². The molecule has 2 aromatic heterocycles. The van der Waals surface area contributed by atoms with E-state index in [1.54, 1.807) is 18.5 Å². The molecule has 7 heteroatoms. The number of rotatable bonds is 3. The van der Waals surface area contributed by atoms with Crippen LogP contribution >= 0.6 is 0 Å². The molecule has 1 saturated heterocycles. The fourth-order valence-corrected chi connectivity index (χ4v) is 3.34. The van der Waals surface area contributed by atoms with Gasteiger partial charge in [0.15, 0.2) is 0 Å². The summed E-state index contributed by atoms with van der Waals surface area (Å²) in [6.07, 6.45) is 5.02. The lowest BCUT2D eigenvalue weighted by Crippen LogP contribution is -2.42. The smallest absolute Gasteiger partial charge is 0.254 e. The third kappa shape index (κ3) is 3.28. The maximum atomic E-state index is 13.0. The van der Waals surface area contributed by atoms with E-state index in [-0.39, 0.29) is 17.5 Å². The second kappa shape index (κ2) is 6.95. The van der Waals surface area contributed by atoms with Crippen LogP contribution in [0.1, 0.15) is 23.2 Å². The lowest BCUT2D eigenvalue weighted by molar-refractivity contribution is 0.0720. The quantitative estimate of drug-likeness (QED) is 0.755. The van der Waals surface area contributed by atoms with Crippen molar-refractivity contribution in [1.29, 1.82) is 0 Å². The molecule has 7 nitrogen and oxygen atoms in total. The van der Waals surface area contributed by atoms with Gasteiger partial charge in [-0.3, -0.25) is 9.59 Å². The molecule has 0 unspecified atom stereocenters. The minimum atomic E-state index is -0.259. The van der Waals surface area contributed by atoms with Crippen LogP contribution in [0.3, 0.4) is 0 Å². The number of nitrogens with zero attached hydrogens (tertiary/aromatic N) is 3. The summed E-state index contributed by atoms with van der Waals surface area (Å²) in [5.74, 6) is 0.513. The zero-order valence-electron chi connectivity index (χ0n) is 14.2. The third-order valence-corrected chi connectivity index (χ3v) is 4.66. The van der Waals surface area contributed by atoms with Gasteiger partial charge in [0.25, 0.3) is 5.91 Å². The number of carbonyl (C=O) groups is 1. The number of hydrogen-bond acceptors (Lipinski definition) is 5. The summed E-state index contributed by atoms with van der Waals surface area (Å²) in [5.41, 5.74) is 0.883. The maximum absolute atomic E-state index is 13.0. The lowest BCUT2D eigenvalue weighted by atomic mass is 10.0. The van der Waals surface area contributed by atoms with E-state index in [1.165, 1.54) is 6.07 Å². The Bertz CT molecular complexity index is 978. The summed E-state index contributed by atoms with van der Waals surface area (Å²) in [5, 5.41) is 4.08. The molecule has 0 aliphatic carbocycles. The van der Waals surface area contributed by atoms with Gasteiger partial charge in [-0.1, -0.05) is 18.2 Å². The van der Waals surface area contributed by atoms with Crippen LogP contribution in [0, 0.1) is 0 Å². The first kappa shape index (κ1) is 16.3. The molecule has 132 valence electrons. The largest absolute Gasteiger partial charge is 0.351 e. The molecule has 1 aliphatic heterocycles. The van der Waals surface area contributed by atoms with Crippen molar-refractivity contribution in [2.45, 2.75) is 18.9 Å². The Hall–Kier alpha value is -3.22. The Labute approximate surface area is 150 Å². The van der Waals surface area contributed by atoms with Crippen LogP contribution in [-0.4, -0.2) is 44.9 Å². The monoisotopic (exact) mass is 349 g/mol. The molecule has 3 aromatic rings. The van der Waals surface area contributed by atoms with Gasteiger partial charge in [0.05, 0.1) is 5.56 Å². The number of amides is 1. The molecule has 1 fully saturated rings. The van der Waals surface area contributed by atoms with E-state index in [2.05, 4.69) is 20.3 Å². The van der Waals surface area contributed by atoms with Crippen LogP contribution in [0.25, 0.3) is 10.9 Å². The second-order valence-electron chi connectivity index (χ2n) is 6.38. The van der Waals surface area contributed by atoms with Gasteiger partial charge in [-0.2, -0.15) is 0 Å². The van der Waals surface area contributed by atoms with Crippen LogP contribution in [0.2, 0.25) is 0 Å². The molecule has 0 atom stereocenters. The molecular formula is C19H19N5O2. The minimum Gasteiger partial charge on any atom is -0.351 e. The van der Waals surface area contributed by atoms with E-state index >= 15 is 0 Å². The highest BCUT2D eigenvalue weighted by atomic mass is 16.2. The Kier molecular flexibility index (Phi) is 4.35. The highest BCUT2D eigenvalue weighted by Crippen LogP contribution is 2.20. The highest BCUT2D eigenvalue weighted by Gasteiger charge is 2.25. The van der Waals surface area contributed by atoms with Crippen LogP contribution in [0.15, 0.2) is 53.6 Å². The number of nitrogens with one attached hydrogen (secondary N) is 2. The first-order valence-electron chi connectivity index (χ1n) is 8.65. The summed E-state index contributed by atoms with van der Waals surface area (Å²) in [7, 11) is 0. The molecule has 1 aromatic carbocycles. The number of pyridine rings is 1. The average molecular weight is 349 g/mol. The molecule has 0 bridgehead atoms. The van der Waals surface area contributed by atoms with Gasteiger partial charge >= 0.3 is 0 Å².